The van der Waals surface area contributed by atoms with Crippen LogP contribution in [0.1, 0.15) is 0 Å². The van der Waals surface area contributed by atoms with Gasteiger partial charge in [0.2, 0.25) is 0 Å². The third-order valence-electron chi connectivity index (χ3n) is 2.78. The number of nitrogens with zero attached hydrogens (tertiary/aromatic N) is 1. The first kappa shape index (κ1) is 9.91. The van der Waals surface area contributed by atoms with Crippen molar-refractivity contribution in [2.24, 2.45) is 0 Å². The summed E-state index contributed by atoms with van der Waals surface area (Å²) in [6.45, 7) is 0. The van der Waals surface area contributed by atoms with Crippen molar-refractivity contribution < 1.29 is 0 Å². The van der Waals surface area contributed by atoms with E-state index < -0.39 is 0 Å². The predicted octanol–water partition coefficient (Wildman–Crippen LogP) is 4.85. The van der Waals surface area contributed by atoms with Crippen LogP contribution in [0, 0.1) is 0 Å². The lowest BCUT2D eigenvalue weighted by Gasteiger charge is -2.17. The molecule has 0 radical (unpaired) electrons. The molecule has 0 N–H and O–H groups in total. The number of benzene rings is 2. The fourth-order valence-corrected chi connectivity index (χ4v) is 1.88. The molecule has 0 atom stereocenters. The molecule has 0 bridgehead atoms. The number of allylic oxidation sites excluding steroid dienone is 5. The van der Waals surface area contributed by atoms with Gasteiger partial charge in [0, 0.05) is 0 Å². The largest absolute Gasteiger partial charge is 0.664 e. The molecule has 1 aliphatic rings. The Morgan fingerprint density at radius 2 is 1.59 bits per heavy atom. The number of hydrogen-bond acceptors (Lipinski definition) is 0. The van der Waals surface area contributed by atoms with Crippen molar-refractivity contribution in [3.05, 3.63) is 83.9 Å². The Bertz CT molecular complexity index is 619. The maximum atomic E-state index is 4.47. The first-order valence-corrected chi connectivity index (χ1v) is 5.66. The van der Waals surface area contributed by atoms with Gasteiger partial charge in [0.15, 0.2) is 0 Å². The first-order valence-electron chi connectivity index (χ1n) is 5.66. The average Bonchev–Trinajstić information content (AvgIpc) is 2.89. The van der Waals surface area contributed by atoms with Crippen LogP contribution >= 0.6 is 0 Å². The highest BCUT2D eigenvalue weighted by Gasteiger charge is 1.89. The van der Waals surface area contributed by atoms with Crippen molar-refractivity contribution in [1.29, 1.82) is 0 Å². The van der Waals surface area contributed by atoms with Crippen LogP contribution in [0.3, 0.4) is 0 Å². The molecule has 0 heterocycles. The van der Waals surface area contributed by atoms with E-state index in [1.165, 1.54) is 10.8 Å². The van der Waals surface area contributed by atoms with Crippen molar-refractivity contribution >= 4 is 16.5 Å². The van der Waals surface area contributed by atoms with Gasteiger partial charge < -0.3 is 5.32 Å². The van der Waals surface area contributed by atoms with E-state index in [1.54, 1.807) is 0 Å². The van der Waals surface area contributed by atoms with Gasteiger partial charge >= 0.3 is 0 Å². The second-order valence-corrected chi connectivity index (χ2v) is 4.01. The predicted molar refractivity (Wildman–Crippen MR) is 73.3 cm³/mol. The lowest BCUT2D eigenvalue weighted by atomic mass is 10.1. The Hall–Kier alpha value is -2.28. The summed E-state index contributed by atoms with van der Waals surface area (Å²) in [5.74, 6) is 0. The zero-order valence-corrected chi connectivity index (χ0v) is 9.38. The van der Waals surface area contributed by atoms with Gasteiger partial charge in [0.05, 0.1) is 0 Å². The van der Waals surface area contributed by atoms with E-state index in [9.17, 15) is 0 Å². The van der Waals surface area contributed by atoms with Gasteiger partial charge in [-0.15, -0.1) is 5.69 Å². The van der Waals surface area contributed by atoms with Crippen molar-refractivity contribution in [3.8, 4) is 0 Å². The molecule has 1 aliphatic carbocycles. The van der Waals surface area contributed by atoms with E-state index in [0.717, 1.165) is 11.3 Å². The van der Waals surface area contributed by atoms with Gasteiger partial charge in [0.1, 0.15) is 0 Å². The van der Waals surface area contributed by atoms with Crippen molar-refractivity contribution in [1.82, 2.24) is 0 Å². The summed E-state index contributed by atoms with van der Waals surface area (Å²) < 4.78 is 0. The zero-order chi connectivity index (χ0) is 11.5. The highest BCUT2D eigenvalue weighted by Crippen LogP contribution is 2.25. The molecule has 1 heteroatoms. The molecule has 0 saturated heterocycles. The Kier molecular flexibility index (Phi) is 2.51. The van der Waals surface area contributed by atoms with Crippen LogP contribution in [0.4, 0.5) is 5.69 Å². The molecular formula is C16H12N-. The van der Waals surface area contributed by atoms with E-state index in [0.29, 0.717) is 0 Å². The molecule has 0 amide bonds. The van der Waals surface area contributed by atoms with Crippen LogP contribution in [0.25, 0.3) is 16.1 Å². The molecule has 0 fully saturated rings. The fourth-order valence-electron chi connectivity index (χ4n) is 1.88. The van der Waals surface area contributed by atoms with Crippen LogP contribution in [0.5, 0.6) is 0 Å². The van der Waals surface area contributed by atoms with Crippen molar-refractivity contribution in [3.63, 3.8) is 0 Å². The summed E-state index contributed by atoms with van der Waals surface area (Å²) >= 11 is 0. The molecule has 2 aromatic rings. The Morgan fingerprint density at radius 1 is 0.824 bits per heavy atom. The minimum Gasteiger partial charge on any atom is -0.664 e. The van der Waals surface area contributed by atoms with E-state index in [2.05, 4.69) is 35.6 Å². The van der Waals surface area contributed by atoms with E-state index in [-0.39, 0.29) is 0 Å². The Labute approximate surface area is 101 Å². The van der Waals surface area contributed by atoms with Gasteiger partial charge in [0.25, 0.3) is 0 Å². The monoisotopic (exact) mass is 218 g/mol. The molecule has 0 aromatic heterocycles. The number of rotatable bonds is 2. The fraction of sp³-hybridized carbons (Fsp3) is 0. The zero-order valence-electron chi connectivity index (χ0n) is 9.38. The summed E-state index contributed by atoms with van der Waals surface area (Å²) in [6, 6.07) is 14.6. The van der Waals surface area contributed by atoms with Crippen molar-refractivity contribution in [2.75, 3.05) is 0 Å². The second-order valence-electron chi connectivity index (χ2n) is 4.01. The molecule has 17 heavy (non-hydrogen) atoms. The first-order chi connectivity index (χ1) is 8.42. The maximum Gasteiger partial charge on any atom is -0.0185 e. The molecule has 2 aromatic carbocycles. The van der Waals surface area contributed by atoms with Gasteiger partial charge in [-0.25, -0.2) is 0 Å². The number of fused-ring (bicyclic) bond motifs is 1. The second kappa shape index (κ2) is 4.30. The summed E-state index contributed by atoms with van der Waals surface area (Å²) in [6.07, 6.45) is 10.0. The van der Waals surface area contributed by atoms with Gasteiger partial charge in [-0.3, -0.25) is 0 Å². The highest BCUT2D eigenvalue weighted by atomic mass is 14.8. The maximum absolute atomic E-state index is 4.47. The summed E-state index contributed by atoms with van der Waals surface area (Å²) in [5.41, 5.74) is 2.13. The Balaban J connectivity index is 1.88. The highest BCUT2D eigenvalue weighted by molar-refractivity contribution is 5.86. The Morgan fingerprint density at radius 3 is 2.41 bits per heavy atom. The molecule has 3 rings (SSSR count). The van der Waals surface area contributed by atoms with Gasteiger partial charge in [-0.1, -0.05) is 66.8 Å². The third kappa shape index (κ3) is 2.13. The topological polar surface area (TPSA) is 14.1 Å². The standard InChI is InChI=1S/C16H12N/c1-2-6-13(5-1)12-17-16-10-9-14-7-3-4-8-15(14)11-16/h1-12H/q-1. The minimum absolute atomic E-state index is 0.991. The minimum atomic E-state index is 0.991. The van der Waals surface area contributed by atoms with Crippen molar-refractivity contribution in [2.45, 2.75) is 0 Å². The normalized spacial score (nSPS) is 13.3. The van der Waals surface area contributed by atoms with E-state index in [1.807, 2.05) is 42.6 Å². The summed E-state index contributed by atoms with van der Waals surface area (Å²) in [4.78, 5) is 0. The van der Waals surface area contributed by atoms with E-state index >= 15 is 0 Å². The molecule has 0 saturated carbocycles. The lowest BCUT2D eigenvalue weighted by molar-refractivity contribution is 1.65. The van der Waals surface area contributed by atoms with E-state index in [4.69, 9.17) is 0 Å². The van der Waals surface area contributed by atoms with Crippen LogP contribution in [0.2, 0.25) is 0 Å². The lowest BCUT2D eigenvalue weighted by Crippen LogP contribution is -1.72. The average molecular weight is 218 g/mol. The quantitative estimate of drug-likeness (QED) is 0.683. The molecule has 82 valence electrons. The van der Waals surface area contributed by atoms with Crippen LogP contribution in [0.15, 0.2) is 78.5 Å². The molecule has 0 spiro atoms. The molecule has 1 nitrogen and oxygen atoms in total. The van der Waals surface area contributed by atoms with Crippen LogP contribution in [-0.2, 0) is 0 Å². The summed E-state index contributed by atoms with van der Waals surface area (Å²) in [5, 5.41) is 6.95. The summed E-state index contributed by atoms with van der Waals surface area (Å²) in [7, 11) is 0. The third-order valence-corrected chi connectivity index (χ3v) is 2.78. The van der Waals surface area contributed by atoms with Crippen LogP contribution < -0.4 is 0 Å². The number of hydrogen-bond donors (Lipinski definition) is 0. The smallest absolute Gasteiger partial charge is 0.0185 e. The molecule has 0 aliphatic heterocycles. The SMILES string of the molecule is C1=CC(=C[N-]c2ccc3ccccc3c2)C=C1. The molecular weight excluding hydrogens is 206 g/mol. The van der Waals surface area contributed by atoms with Crippen LogP contribution in [-0.4, -0.2) is 0 Å². The van der Waals surface area contributed by atoms with Gasteiger partial charge in [-0.05, 0) is 16.3 Å². The van der Waals surface area contributed by atoms with Gasteiger partial charge in [-0.2, -0.15) is 6.20 Å². The molecule has 0 unspecified atom stereocenters.